The number of amides is 1. The van der Waals surface area contributed by atoms with Crippen molar-refractivity contribution in [2.75, 3.05) is 13.1 Å². The van der Waals surface area contributed by atoms with E-state index in [2.05, 4.69) is 0 Å². The third-order valence-electron chi connectivity index (χ3n) is 2.79. The van der Waals surface area contributed by atoms with Crippen molar-refractivity contribution in [1.82, 2.24) is 4.90 Å². The Hall–Kier alpha value is -1.81. The third kappa shape index (κ3) is 3.07. The van der Waals surface area contributed by atoms with Crippen LogP contribution in [0.3, 0.4) is 0 Å². The number of carbonyl (C=O) groups is 1. The number of hydrogen-bond donors (Lipinski definition) is 2. The molecule has 4 nitrogen and oxygen atoms in total. The fourth-order valence-corrected chi connectivity index (χ4v) is 1.80. The average Bonchev–Trinajstić information content (AvgIpc) is 2.75. The number of aliphatic hydroxyl groups is 1. The van der Waals surface area contributed by atoms with Gasteiger partial charge in [0.1, 0.15) is 5.75 Å². The Morgan fingerprint density at radius 3 is 2.65 bits per heavy atom. The Morgan fingerprint density at radius 1 is 1.35 bits per heavy atom. The second-order valence-electron chi connectivity index (χ2n) is 4.15. The third-order valence-corrected chi connectivity index (χ3v) is 2.79. The second kappa shape index (κ2) is 5.01. The van der Waals surface area contributed by atoms with Gasteiger partial charge in [0.25, 0.3) is 0 Å². The van der Waals surface area contributed by atoms with Crippen LogP contribution in [0.4, 0.5) is 0 Å². The molecule has 2 N–H and O–H groups in total. The van der Waals surface area contributed by atoms with Gasteiger partial charge in [0.15, 0.2) is 0 Å². The summed E-state index contributed by atoms with van der Waals surface area (Å²) < 4.78 is 0. The van der Waals surface area contributed by atoms with E-state index in [-0.39, 0.29) is 17.8 Å². The molecule has 1 atom stereocenters. The summed E-state index contributed by atoms with van der Waals surface area (Å²) in [6.07, 6.45) is 3.45. The highest BCUT2D eigenvalue weighted by Gasteiger charge is 2.22. The van der Waals surface area contributed by atoms with Crippen molar-refractivity contribution in [3.05, 3.63) is 35.9 Å². The summed E-state index contributed by atoms with van der Waals surface area (Å²) in [5, 5.41) is 18.4. The van der Waals surface area contributed by atoms with Gasteiger partial charge in [-0.15, -0.1) is 0 Å². The summed E-state index contributed by atoms with van der Waals surface area (Å²) in [5.41, 5.74) is 0.857. The fraction of sp³-hybridized carbons (Fsp3) is 0.308. The van der Waals surface area contributed by atoms with Gasteiger partial charge in [0.05, 0.1) is 6.10 Å². The van der Waals surface area contributed by atoms with E-state index in [9.17, 15) is 9.90 Å². The quantitative estimate of drug-likeness (QED) is 0.749. The number of aliphatic hydroxyl groups excluding tert-OH is 1. The molecule has 90 valence electrons. The molecule has 1 heterocycles. The van der Waals surface area contributed by atoms with Crippen molar-refractivity contribution in [2.45, 2.75) is 12.5 Å². The number of carbonyl (C=O) groups excluding carboxylic acids is 1. The van der Waals surface area contributed by atoms with E-state index < -0.39 is 0 Å². The largest absolute Gasteiger partial charge is 0.508 e. The predicted octanol–water partition coefficient (Wildman–Crippen LogP) is 0.999. The maximum atomic E-state index is 11.7. The minimum Gasteiger partial charge on any atom is -0.508 e. The molecule has 0 aliphatic carbocycles. The van der Waals surface area contributed by atoms with Crippen LogP contribution in [0.2, 0.25) is 0 Å². The first-order valence-electron chi connectivity index (χ1n) is 5.59. The molecule has 1 amide bonds. The molecule has 1 fully saturated rings. The van der Waals surface area contributed by atoms with Crippen molar-refractivity contribution >= 4 is 12.0 Å². The number of aromatic hydroxyl groups is 1. The normalized spacial score (nSPS) is 20.1. The molecule has 0 bridgehead atoms. The van der Waals surface area contributed by atoms with Crippen LogP contribution in [0.25, 0.3) is 6.08 Å². The van der Waals surface area contributed by atoms with Crippen molar-refractivity contribution in [1.29, 1.82) is 0 Å². The van der Waals surface area contributed by atoms with Gasteiger partial charge >= 0.3 is 0 Å². The van der Waals surface area contributed by atoms with E-state index in [4.69, 9.17) is 5.11 Å². The van der Waals surface area contributed by atoms with Crippen molar-refractivity contribution in [2.24, 2.45) is 0 Å². The summed E-state index contributed by atoms with van der Waals surface area (Å²) in [4.78, 5) is 13.3. The lowest BCUT2D eigenvalue weighted by molar-refractivity contribution is -0.125. The second-order valence-corrected chi connectivity index (χ2v) is 4.15. The monoisotopic (exact) mass is 233 g/mol. The summed E-state index contributed by atoms with van der Waals surface area (Å²) in [6, 6.07) is 6.61. The zero-order chi connectivity index (χ0) is 12.3. The van der Waals surface area contributed by atoms with Crippen LogP contribution >= 0.6 is 0 Å². The van der Waals surface area contributed by atoms with Gasteiger partial charge in [-0.1, -0.05) is 12.1 Å². The molecule has 1 aliphatic rings. The highest BCUT2D eigenvalue weighted by atomic mass is 16.3. The minimum atomic E-state index is -0.388. The van der Waals surface area contributed by atoms with Gasteiger partial charge in [-0.05, 0) is 30.2 Å². The SMILES string of the molecule is O=C(C=Cc1ccc(O)cc1)N1CC[C@@H](O)C1. The first-order valence-corrected chi connectivity index (χ1v) is 5.59. The first-order chi connectivity index (χ1) is 8.15. The number of benzene rings is 1. The zero-order valence-electron chi connectivity index (χ0n) is 9.41. The maximum Gasteiger partial charge on any atom is 0.246 e. The molecule has 0 spiro atoms. The van der Waals surface area contributed by atoms with Crippen molar-refractivity contribution < 1.29 is 15.0 Å². The molecule has 1 aliphatic heterocycles. The lowest BCUT2D eigenvalue weighted by Gasteiger charge is -2.12. The van der Waals surface area contributed by atoms with E-state index in [0.29, 0.717) is 19.5 Å². The lowest BCUT2D eigenvalue weighted by Crippen LogP contribution is -2.27. The smallest absolute Gasteiger partial charge is 0.246 e. The number of β-amino-alcohol motifs (C(OH)–C–C–N with tert-alkyl or cyclic N) is 1. The summed E-state index contributed by atoms with van der Waals surface area (Å²) in [6.45, 7) is 1.03. The van der Waals surface area contributed by atoms with Crippen LogP contribution in [0, 0.1) is 0 Å². The molecular formula is C13H15NO3. The van der Waals surface area contributed by atoms with Crippen LogP contribution in [0.1, 0.15) is 12.0 Å². The average molecular weight is 233 g/mol. The van der Waals surface area contributed by atoms with Crippen molar-refractivity contribution in [3.8, 4) is 5.75 Å². The van der Waals surface area contributed by atoms with E-state index in [1.54, 1.807) is 35.2 Å². The fourth-order valence-electron chi connectivity index (χ4n) is 1.80. The minimum absolute atomic E-state index is 0.0883. The van der Waals surface area contributed by atoms with Crippen molar-refractivity contribution in [3.63, 3.8) is 0 Å². The number of nitrogens with zero attached hydrogens (tertiary/aromatic N) is 1. The maximum absolute atomic E-state index is 11.7. The highest BCUT2D eigenvalue weighted by Crippen LogP contribution is 2.12. The lowest BCUT2D eigenvalue weighted by atomic mass is 10.2. The van der Waals surface area contributed by atoms with Crippen LogP contribution in [-0.4, -0.2) is 40.2 Å². The molecule has 0 unspecified atom stereocenters. The summed E-state index contributed by atoms with van der Waals surface area (Å²) in [5.74, 6) is 0.116. The van der Waals surface area contributed by atoms with Crippen LogP contribution in [0.15, 0.2) is 30.3 Å². The first kappa shape index (κ1) is 11.7. The van der Waals surface area contributed by atoms with E-state index in [0.717, 1.165) is 5.56 Å². The number of rotatable bonds is 2. The Kier molecular flexibility index (Phi) is 3.44. The van der Waals surface area contributed by atoms with E-state index in [1.807, 2.05) is 0 Å². The van der Waals surface area contributed by atoms with Gasteiger partial charge in [-0.2, -0.15) is 0 Å². The Balaban J connectivity index is 1.96. The van der Waals surface area contributed by atoms with Gasteiger partial charge in [-0.25, -0.2) is 0 Å². The van der Waals surface area contributed by atoms with E-state index >= 15 is 0 Å². The topological polar surface area (TPSA) is 60.8 Å². The van der Waals surface area contributed by atoms with Gasteiger partial charge < -0.3 is 15.1 Å². The van der Waals surface area contributed by atoms with E-state index in [1.165, 1.54) is 6.08 Å². The standard InChI is InChI=1S/C13H15NO3/c15-11-4-1-10(2-5-11)3-6-13(17)14-8-7-12(16)9-14/h1-6,12,15-16H,7-9H2/t12-/m1/s1. The summed E-state index contributed by atoms with van der Waals surface area (Å²) in [7, 11) is 0. The van der Waals surface area contributed by atoms with Crippen LogP contribution in [-0.2, 0) is 4.79 Å². The number of phenols is 1. The molecule has 0 aromatic heterocycles. The Morgan fingerprint density at radius 2 is 2.06 bits per heavy atom. The molecule has 1 aromatic carbocycles. The van der Waals surface area contributed by atoms with Crippen LogP contribution < -0.4 is 0 Å². The molecular weight excluding hydrogens is 218 g/mol. The zero-order valence-corrected chi connectivity index (χ0v) is 9.41. The molecule has 0 radical (unpaired) electrons. The highest BCUT2D eigenvalue weighted by molar-refractivity contribution is 5.92. The Labute approximate surface area is 99.8 Å². The molecule has 1 aromatic rings. The van der Waals surface area contributed by atoms with Gasteiger partial charge in [0, 0.05) is 19.2 Å². The molecule has 4 heteroatoms. The molecule has 1 saturated heterocycles. The summed E-state index contributed by atoms with van der Waals surface area (Å²) >= 11 is 0. The molecule has 0 saturated carbocycles. The number of phenolic OH excluding ortho intramolecular Hbond substituents is 1. The van der Waals surface area contributed by atoms with Crippen LogP contribution in [0.5, 0.6) is 5.75 Å². The molecule has 2 rings (SSSR count). The number of hydrogen-bond acceptors (Lipinski definition) is 3. The molecule has 17 heavy (non-hydrogen) atoms. The van der Waals surface area contributed by atoms with Gasteiger partial charge in [0.2, 0.25) is 5.91 Å². The Bertz CT molecular complexity index is 425. The predicted molar refractivity (Wildman–Crippen MR) is 64.3 cm³/mol. The number of likely N-dealkylation sites (tertiary alicyclic amines) is 1. The van der Waals surface area contributed by atoms with Gasteiger partial charge in [-0.3, -0.25) is 4.79 Å².